The van der Waals surface area contributed by atoms with Crippen LogP contribution in [0.2, 0.25) is 0 Å². The summed E-state index contributed by atoms with van der Waals surface area (Å²) in [6.07, 6.45) is 0. The van der Waals surface area contributed by atoms with Gasteiger partial charge >= 0.3 is 0 Å². The number of aryl methyl sites for hydroxylation is 1. The van der Waals surface area contributed by atoms with Gasteiger partial charge in [-0.05, 0) is 30.2 Å². The third kappa shape index (κ3) is 3.49. The second kappa shape index (κ2) is 6.55. The molecule has 7 heteroatoms. The van der Waals surface area contributed by atoms with Crippen LogP contribution in [0.3, 0.4) is 0 Å². The average molecular weight is 380 g/mol. The van der Waals surface area contributed by atoms with Gasteiger partial charge in [-0.3, -0.25) is 0 Å². The first-order chi connectivity index (χ1) is 11.7. The van der Waals surface area contributed by atoms with Crippen LogP contribution in [0, 0.1) is 6.92 Å². The topological polar surface area (TPSA) is 71.5 Å². The van der Waals surface area contributed by atoms with E-state index < -0.39 is 25.1 Å². The first-order valence-electron chi connectivity index (χ1n) is 8.13. The highest BCUT2D eigenvalue weighted by atomic mass is 32.2. The second-order valence-corrected chi connectivity index (χ2v) is 10.8. The summed E-state index contributed by atoms with van der Waals surface area (Å²) < 4.78 is 50.0. The van der Waals surface area contributed by atoms with Crippen LogP contribution >= 0.6 is 0 Å². The SMILES string of the molecule is CCS(=O)(=O)C1CN(S(=O)(=O)c2ccc(-c3ccc(C)cc3)cc2)C1. The predicted octanol–water partition coefficient (Wildman–Crippen LogP) is 2.47. The Morgan fingerprint density at radius 3 is 1.84 bits per heavy atom. The average Bonchev–Trinajstić information content (AvgIpc) is 2.54. The van der Waals surface area contributed by atoms with Crippen molar-refractivity contribution in [3.8, 4) is 11.1 Å². The number of nitrogens with zero attached hydrogens (tertiary/aromatic N) is 1. The Kier molecular flexibility index (Phi) is 4.74. The molecule has 0 unspecified atom stereocenters. The third-order valence-corrected chi connectivity index (χ3v) is 8.57. The zero-order chi connectivity index (χ0) is 18.2. The molecule has 1 aliphatic heterocycles. The lowest BCUT2D eigenvalue weighted by atomic mass is 10.0. The molecule has 0 amide bonds. The molecule has 0 spiro atoms. The Morgan fingerprint density at radius 1 is 0.880 bits per heavy atom. The molecule has 0 radical (unpaired) electrons. The van der Waals surface area contributed by atoms with Gasteiger partial charge in [-0.1, -0.05) is 48.9 Å². The molecule has 0 bridgehead atoms. The molecule has 1 heterocycles. The first kappa shape index (κ1) is 18.1. The van der Waals surface area contributed by atoms with Gasteiger partial charge < -0.3 is 0 Å². The van der Waals surface area contributed by atoms with E-state index in [-0.39, 0.29) is 23.7 Å². The van der Waals surface area contributed by atoms with E-state index in [1.807, 2.05) is 31.2 Å². The standard InChI is InChI=1S/C18H21NO4S2/c1-3-24(20,21)18-12-19(13-18)25(22,23)17-10-8-16(9-11-17)15-6-4-14(2)5-7-15/h4-11,18H,3,12-13H2,1-2H3. The van der Waals surface area contributed by atoms with Gasteiger partial charge in [0.1, 0.15) is 0 Å². The number of sulfonamides is 1. The molecule has 1 fully saturated rings. The van der Waals surface area contributed by atoms with E-state index in [4.69, 9.17) is 0 Å². The summed E-state index contributed by atoms with van der Waals surface area (Å²) in [7, 11) is -6.83. The quantitative estimate of drug-likeness (QED) is 0.800. The van der Waals surface area contributed by atoms with Crippen LogP contribution in [0.15, 0.2) is 53.4 Å². The van der Waals surface area contributed by atoms with Crippen molar-refractivity contribution in [1.82, 2.24) is 4.31 Å². The molecule has 25 heavy (non-hydrogen) atoms. The van der Waals surface area contributed by atoms with Crippen molar-refractivity contribution in [1.29, 1.82) is 0 Å². The molecular weight excluding hydrogens is 358 g/mol. The molecule has 5 nitrogen and oxygen atoms in total. The summed E-state index contributed by atoms with van der Waals surface area (Å²) in [4.78, 5) is 0.190. The van der Waals surface area contributed by atoms with Crippen LogP contribution in [0.5, 0.6) is 0 Å². The zero-order valence-electron chi connectivity index (χ0n) is 14.2. The maximum atomic E-state index is 12.6. The Labute approximate surface area is 149 Å². The number of rotatable bonds is 5. The van der Waals surface area contributed by atoms with Crippen molar-refractivity contribution in [3.05, 3.63) is 54.1 Å². The normalized spacial score (nSPS) is 16.6. The fourth-order valence-electron chi connectivity index (χ4n) is 2.77. The van der Waals surface area contributed by atoms with E-state index in [0.717, 1.165) is 16.7 Å². The van der Waals surface area contributed by atoms with Crippen molar-refractivity contribution < 1.29 is 16.8 Å². The maximum absolute atomic E-state index is 12.6. The van der Waals surface area contributed by atoms with Crippen molar-refractivity contribution in [3.63, 3.8) is 0 Å². The van der Waals surface area contributed by atoms with Crippen LogP contribution in [0.25, 0.3) is 11.1 Å². The summed E-state index contributed by atoms with van der Waals surface area (Å²) in [5, 5.41) is -0.584. The monoisotopic (exact) mass is 379 g/mol. The number of sulfone groups is 1. The van der Waals surface area contributed by atoms with Gasteiger partial charge in [0.15, 0.2) is 9.84 Å². The van der Waals surface area contributed by atoms with Gasteiger partial charge in [-0.25, -0.2) is 16.8 Å². The number of hydrogen-bond donors (Lipinski definition) is 0. The smallest absolute Gasteiger partial charge is 0.228 e. The summed E-state index contributed by atoms with van der Waals surface area (Å²) in [5.74, 6) is 0.0385. The van der Waals surface area contributed by atoms with E-state index in [0.29, 0.717) is 0 Å². The van der Waals surface area contributed by atoms with E-state index in [2.05, 4.69) is 0 Å². The van der Waals surface area contributed by atoms with E-state index >= 15 is 0 Å². The van der Waals surface area contributed by atoms with Gasteiger partial charge in [-0.15, -0.1) is 0 Å². The van der Waals surface area contributed by atoms with Gasteiger partial charge in [0, 0.05) is 18.8 Å². The molecule has 0 saturated carbocycles. The van der Waals surface area contributed by atoms with Crippen molar-refractivity contribution in [2.75, 3.05) is 18.8 Å². The highest BCUT2D eigenvalue weighted by Crippen LogP contribution is 2.27. The molecule has 134 valence electrons. The fourth-order valence-corrected chi connectivity index (χ4v) is 5.78. The third-order valence-electron chi connectivity index (χ3n) is 4.60. The molecule has 0 atom stereocenters. The number of hydrogen-bond acceptors (Lipinski definition) is 4. The lowest BCUT2D eigenvalue weighted by molar-refractivity contribution is 0.310. The van der Waals surface area contributed by atoms with Crippen LogP contribution in [0.1, 0.15) is 12.5 Å². The van der Waals surface area contributed by atoms with Crippen LogP contribution < -0.4 is 0 Å². The van der Waals surface area contributed by atoms with Crippen molar-refractivity contribution in [2.45, 2.75) is 24.0 Å². The predicted molar refractivity (Wildman–Crippen MR) is 98.6 cm³/mol. The van der Waals surface area contributed by atoms with Gasteiger partial charge in [0.25, 0.3) is 0 Å². The lowest BCUT2D eigenvalue weighted by Gasteiger charge is -2.37. The molecule has 2 aromatic rings. The summed E-state index contributed by atoms with van der Waals surface area (Å²) in [6, 6.07) is 14.7. The maximum Gasteiger partial charge on any atom is 0.243 e. The molecule has 0 N–H and O–H groups in total. The van der Waals surface area contributed by atoms with Crippen molar-refractivity contribution in [2.24, 2.45) is 0 Å². The molecule has 3 rings (SSSR count). The second-order valence-electron chi connectivity index (χ2n) is 6.29. The summed E-state index contributed by atoms with van der Waals surface area (Å²) >= 11 is 0. The van der Waals surface area contributed by atoms with Gasteiger partial charge in [0.05, 0.1) is 10.1 Å². The molecule has 1 aliphatic rings. The van der Waals surface area contributed by atoms with Gasteiger partial charge in [0.2, 0.25) is 10.0 Å². The molecule has 2 aromatic carbocycles. The number of benzene rings is 2. The van der Waals surface area contributed by atoms with Gasteiger partial charge in [-0.2, -0.15) is 4.31 Å². The minimum atomic E-state index is -3.64. The molecule has 0 aliphatic carbocycles. The lowest BCUT2D eigenvalue weighted by Crippen LogP contribution is -2.57. The zero-order valence-corrected chi connectivity index (χ0v) is 15.8. The van der Waals surface area contributed by atoms with Crippen LogP contribution in [-0.2, 0) is 19.9 Å². The van der Waals surface area contributed by atoms with E-state index in [1.165, 1.54) is 4.31 Å². The van der Waals surface area contributed by atoms with Crippen LogP contribution in [-0.4, -0.2) is 45.2 Å². The molecular formula is C18H21NO4S2. The van der Waals surface area contributed by atoms with Crippen molar-refractivity contribution >= 4 is 19.9 Å². The molecule has 1 saturated heterocycles. The fraction of sp³-hybridized carbons (Fsp3) is 0.333. The highest BCUT2D eigenvalue weighted by molar-refractivity contribution is 7.92. The van der Waals surface area contributed by atoms with Crippen LogP contribution in [0.4, 0.5) is 0 Å². The summed E-state index contributed by atoms with van der Waals surface area (Å²) in [6.45, 7) is 3.67. The Balaban J connectivity index is 1.77. The minimum absolute atomic E-state index is 0.0385. The highest BCUT2D eigenvalue weighted by Gasteiger charge is 2.42. The Morgan fingerprint density at radius 2 is 1.36 bits per heavy atom. The summed E-state index contributed by atoms with van der Waals surface area (Å²) in [5.41, 5.74) is 3.12. The molecule has 0 aromatic heterocycles. The first-order valence-corrected chi connectivity index (χ1v) is 11.3. The minimum Gasteiger partial charge on any atom is -0.228 e. The Bertz CT molecular complexity index is 957. The van der Waals surface area contributed by atoms with E-state index in [9.17, 15) is 16.8 Å². The largest absolute Gasteiger partial charge is 0.243 e. The Hall–Kier alpha value is -1.70. The van der Waals surface area contributed by atoms with E-state index in [1.54, 1.807) is 31.2 Å².